The fourth-order valence-electron chi connectivity index (χ4n) is 4.32. The topological polar surface area (TPSA) is 86.8 Å². The molecule has 9 heteroatoms. The maximum atomic E-state index is 14.0. The molecule has 1 N–H and O–H groups in total. The van der Waals surface area contributed by atoms with Gasteiger partial charge in [-0.2, -0.15) is 0 Å². The molecule has 7 nitrogen and oxygen atoms in total. The summed E-state index contributed by atoms with van der Waals surface area (Å²) < 4.78 is 28.8. The van der Waals surface area contributed by atoms with E-state index in [0.717, 1.165) is 21.9 Å². The molecule has 0 aliphatic carbocycles. The number of benzene rings is 3. The molecule has 3 rings (SSSR count). The largest absolute Gasteiger partial charge is 0.352 e. The number of halogens is 1. The lowest BCUT2D eigenvalue weighted by atomic mass is 10.1. The van der Waals surface area contributed by atoms with E-state index in [0.29, 0.717) is 17.9 Å². The molecular weight excluding hydrogens is 546 g/mol. The molecule has 0 heterocycles. The van der Waals surface area contributed by atoms with Crippen molar-refractivity contribution < 1.29 is 18.0 Å². The Morgan fingerprint density at radius 2 is 1.55 bits per heavy atom. The van der Waals surface area contributed by atoms with Crippen LogP contribution in [0.4, 0.5) is 5.69 Å². The third-order valence-electron chi connectivity index (χ3n) is 6.92. The number of nitrogens with zero attached hydrogens (tertiary/aromatic N) is 2. The number of rotatable bonds is 13. The zero-order valence-electron chi connectivity index (χ0n) is 23.5. The lowest BCUT2D eigenvalue weighted by Gasteiger charge is -2.33. The van der Waals surface area contributed by atoms with Gasteiger partial charge in [-0.05, 0) is 68.5 Å². The number of amides is 2. The average Bonchev–Trinajstić information content (AvgIpc) is 2.96. The third-order valence-corrected chi connectivity index (χ3v) is 9.12. The monoisotopic (exact) mass is 583 g/mol. The van der Waals surface area contributed by atoms with Crippen molar-refractivity contribution in [2.24, 2.45) is 0 Å². The van der Waals surface area contributed by atoms with E-state index in [1.807, 2.05) is 58.0 Å². The molecule has 0 unspecified atom stereocenters. The van der Waals surface area contributed by atoms with Gasteiger partial charge in [0.25, 0.3) is 10.0 Å². The van der Waals surface area contributed by atoms with Crippen LogP contribution in [0.5, 0.6) is 0 Å². The van der Waals surface area contributed by atoms with Crippen molar-refractivity contribution in [1.82, 2.24) is 10.2 Å². The highest BCUT2D eigenvalue weighted by Gasteiger charge is 2.33. The van der Waals surface area contributed by atoms with E-state index in [9.17, 15) is 18.0 Å². The molecule has 0 aromatic heterocycles. The Morgan fingerprint density at radius 3 is 2.12 bits per heavy atom. The molecule has 2 amide bonds. The lowest BCUT2D eigenvalue weighted by molar-refractivity contribution is -0.139. The summed E-state index contributed by atoms with van der Waals surface area (Å²) in [6, 6.07) is 21.7. The predicted octanol–water partition coefficient (Wildman–Crippen LogP) is 5.61. The Kier molecular flexibility index (Phi) is 11.2. The number of anilines is 1. The van der Waals surface area contributed by atoms with E-state index < -0.39 is 28.5 Å². The third kappa shape index (κ3) is 7.86. The minimum Gasteiger partial charge on any atom is -0.352 e. The Bertz CT molecular complexity index is 1380. The van der Waals surface area contributed by atoms with Crippen molar-refractivity contribution in [2.45, 2.75) is 63.9 Å². The van der Waals surface area contributed by atoms with E-state index in [1.54, 1.807) is 36.4 Å². The van der Waals surface area contributed by atoms with Crippen molar-refractivity contribution in [3.63, 3.8) is 0 Å². The maximum Gasteiger partial charge on any atom is 0.264 e. The van der Waals surface area contributed by atoms with Crippen LogP contribution in [-0.2, 0) is 26.0 Å². The van der Waals surface area contributed by atoms with E-state index in [2.05, 4.69) is 5.32 Å². The summed E-state index contributed by atoms with van der Waals surface area (Å²) in [5.74, 6) is -0.729. The second-order valence-electron chi connectivity index (χ2n) is 9.82. The number of hydrogen-bond donors (Lipinski definition) is 1. The zero-order chi connectivity index (χ0) is 29.3. The van der Waals surface area contributed by atoms with Crippen LogP contribution in [-0.4, -0.2) is 50.3 Å². The van der Waals surface area contributed by atoms with Gasteiger partial charge < -0.3 is 10.2 Å². The van der Waals surface area contributed by atoms with E-state index in [4.69, 9.17) is 11.6 Å². The van der Waals surface area contributed by atoms with Crippen LogP contribution in [0.2, 0.25) is 5.02 Å². The van der Waals surface area contributed by atoms with Crippen LogP contribution >= 0.6 is 11.6 Å². The van der Waals surface area contributed by atoms with E-state index >= 15 is 0 Å². The smallest absolute Gasteiger partial charge is 0.264 e. The summed E-state index contributed by atoms with van der Waals surface area (Å²) in [6.07, 6.45) is 1.64. The van der Waals surface area contributed by atoms with Gasteiger partial charge in [-0.3, -0.25) is 13.9 Å². The first-order valence-electron chi connectivity index (χ1n) is 13.6. The van der Waals surface area contributed by atoms with Crippen molar-refractivity contribution in [1.29, 1.82) is 0 Å². The first-order valence-corrected chi connectivity index (χ1v) is 15.4. The first kappa shape index (κ1) is 31.2. The first-order chi connectivity index (χ1) is 19.1. The summed E-state index contributed by atoms with van der Waals surface area (Å²) in [7, 11) is -4.13. The van der Waals surface area contributed by atoms with Crippen LogP contribution < -0.4 is 9.62 Å². The van der Waals surface area contributed by atoms with Gasteiger partial charge in [-0.25, -0.2) is 8.42 Å². The zero-order valence-corrected chi connectivity index (χ0v) is 25.1. The molecule has 40 heavy (non-hydrogen) atoms. The summed E-state index contributed by atoms with van der Waals surface area (Å²) in [5.41, 5.74) is 2.07. The quantitative estimate of drug-likeness (QED) is 0.283. The predicted molar refractivity (Wildman–Crippen MR) is 161 cm³/mol. The summed E-state index contributed by atoms with van der Waals surface area (Å²) in [6.45, 7) is 7.32. The SMILES string of the molecule is CC[C@H](C)NC(=O)[C@H](CC)N(CCc1ccccc1)C(=O)CN(c1ccc(C)c(Cl)c1)S(=O)(=O)c1ccccc1. The molecular formula is C31H38ClN3O4S. The van der Waals surface area contributed by atoms with Gasteiger partial charge in [-0.15, -0.1) is 0 Å². The van der Waals surface area contributed by atoms with Gasteiger partial charge in [0, 0.05) is 17.6 Å². The number of aryl methyl sites for hydroxylation is 1. The van der Waals surface area contributed by atoms with Gasteiger partial charge in [0.05, 0.1) is 10.6 Å². The molecule has 2 atom stereocenters. The fraction of sp³-hybridized carbons (Fsp3) is 0.355. The number of carbonyl (C=O) groups is 2. The highest BCUT2D eigenvalue weighted by molar-refractivity contribution is 7.92. The van der Waals surface area contributed by atoms with Crippen LogP contribution in [0.15, 0.2) is 83.8 Å². The minimum absolute atomic E-state index is 0.0527. The molecule has 3 aromatic rings. The molecule has 0 saturated carbocycles. The second kappa shape index (κ2) is 14.3. The Labute approximate surface area is 243 Å². The van der Waals surface area contributed by atoms with Gasteiger partial charge in [0.15, 0.2) is 0 Å². The average molecular weight is 584 g/mol. The van der Waals surface area contributed by atoms with Gasteiger partial charge in [-0.1, -0.05) is 80.0 Å². The molecule has 0 fully saturated rings. The Balaban J connectivity index is 2.02. The van der Waals surface area contributed by atoms with Gasteiger partial charge in [0.2, 0.25) is 11.8 Å². The normalized spacial score (nSPS) is 12.8. The van der Waals surface area contributed by atoms with Crippen molar-refractivity contribution in [3.05, 3.63) is 95.0 Å². The van der Waals surface area contributed by atoms with Crippen LogP contribution in [0.1, 0.15) is 44.7 Å². The molecule has 0 spiro atoms. The molecule has 0 radical (unpaired) electrons. The summed E-state index contributed by atoms with van der Waals surface area (Å²) in [4.78, 5) is 28.9. The Hall–Kier alpha value is -3.36. The number of nitrogens with one attached hydrogen (secondary N) is 1. The van der Waals surface area contributed by atoms with Crippen LogP contribution in [0, 0.1) is 6.92 Å². The summed E-state index contributed by atoms with van der Waals surface area (Å²) in [5, 5.41) is 3.37. The molecule has 0 aliphatic rings. The highest BCUT2D eigenvalue weighted by atomic mass is 35.5. The number of carbonyl (C=O) groups excluding carboxylic acids is 2. The number of sulfonamides is 1. The Morgan fingerprint density at radius 1 is 0.925 bits per heavy atom. The lowest BCUT2D eigenvalue weighted by Crippen LogP contribution is -2.54. The molecule has 0 saturated heterocycles. The van der Waals surface area contributed by atoms with E-state index in [-0.39, 0.29) is 29.1 Å². The highest BCUT2D eigenvalue weighted by Crippen LogP contribution is 2.28. The number of hydrogen-bond acceptors (Lipinski definition) is 4. The van der Waals surface area contributed by atoms with Crippen molar-refractivity contribution in [3.8, 4) is 0 Å². The van der Waals surface area contributed by atoms with Crippen molar-refractivity contribution >= 4 is 39.1 Å². The minimum atomic E-state index is -4.13. The van der Waals surface area contributed by atoms with Crippen molar-refractivity contribution in [2.75, 3.05) is 17.4 Å². The molecule has 3 aromatic carbocycles. The fourth-order valence-corrected chi connectivity index (χ4v) is 5.92. The summed E-state index contributed by atoms with van der Waals surface area (Å²) >= 11 is 6.38. The van der Waals surface area contributed by atoms with Gasteiger partial charge >= 0.3 is 0 Å². The van der Waals surface area contributed by atoms with E-state index in [1.165, 1.54) is 17.0 Å². The molecule has 214 valence electrons. The van der Waals surface area contributed by atoms with Crippen LogP contribution in [0.25, 0.3) is 0 Å². The van der Waals surface area contributed by atoms with Gasteiger partial charge in [0.1, 0.15) is 12.6 Å². The standard InChI is InChI=1S/C31H38ClN3O4S/c1-5-24(4)33-31(37)29(6-2)34(20-19-25-13-9-7-10-14-25)30(36)22-35(26-18-17-23(3)28(32)21-26)40(38,39)27-15-11-8-12-16-27/h7-18,21,24,29H,5-6,19-20,22H2,1-4H3,(H,33,37)/t24-,29-/m0/s1. The molecule has 0 aliphatic heterocycles. The molecule has 0 bridgehead atoms. The maximum absolute atomic E-state index is 14.0. The van der Waals surface area contributed by atoms with Crippen LogP contribution in [0.3, 0.4) is 0 Å². The second-order valence-corrected chi connectivity index (χ2v) is 12.1.